The second-order valence-electron chi connectivity index (χ2n) is 5.65. The average Bonchev–Trinajstić information content (AvgIpc) is 3.11. The van der Waals surface area contributed by atoms with Crippen molar-refractivity contribution in [2.45, 2.75) is 43.9 Å². The molecule has 2 heterocycles. The maximum absolute atomic E-state index is 5.70. The molecular formula is C13H25N3O. The van der Waals surface area contributed by atoms with Gasteiger partial charge in [-0.15, -0.1) is 0 Å². The number of hydrogen-bond donors (Lipinski definition) is 2. The van der Waals surface area contributed by atoms with E-state index in [-0.39, 0.29) is 0 Å². The average molecular weight is 239 g/mol. The highest BCUT2D eigenvalue weighted by Gasteiger charge is 2.34. The zero-order chi connectivity index (χ0) is 11.5. The van der Waals surface area contributed by atoms with Crippen LogP contribution in [0.25, 0.3) is 0 Å². The van der Waals surface area contributed by atoms with Crippen molar-refractivity contribution in [1.29, 1.82) is 0 Å². The zero-order valence-corrected chi connectivity index (χ0v) is 10.7. The lowest BCUT2D eigenvalue weighted by Gasteiger charge is -2.24. The van der Waals surface area contributed by atoms with Gasteiger partial charge in [-0.05, 0) is 32.2 Å². The fourth-order valence-corrected chi connectivity index (χ4v) is 2.98. The molecule has 3 fully saturated rings. The number of hydrogen-bond acceptors (Lipinski definition) is 4. The lowest BCUT2D eigenvalue weighted by molar-refractivity contribution is 0.0235. The topological polar surface area (TPSA) is 36.5 Å². The van der Waals surface area contributed by atoms with Crippen LogP contribution in [0.15, 0.2) is 0 Å². The molecule has 0 radical (unpaired) electrons. The quantitative estimate of drug-likeness (QED) is 0.718. The first-order chi connectivity index (χ1) is 8.42. The Morgan fingerprint density at radius 3 is 3.00 bits per heavy atom. The van der Waals surface area contributed by atoms with Crippen LogP contribution in [0.5, 0.6) is 0 Å². The van der Waals surface area contributed by atoms with E-state index in [4.69, 9.17) is 4.74 Å². The predicted octanol–water partition coefficient (Wildman–Crippen LogP) is 0.191. The van der Waals surface area contributed by atoms with Crippen molar-refractivity contribution in [3.63, 3.8) is 0 Å². The molecule has 0 aromatic rings. The van der Waals surface area contributed by atoms with E-state index in [0.29, 0.717) is 6.10 Å². The fraction of sp³-hybridized carbons (Fsp3) is 1.00. The molecular weight excluding hydrogens is 214 g/mol. The summed E-state index contributed by atoms with van der Waals surface area (Å²) >= 11 is 0. The number of ether oxygens (including phenoxy) is 1. The highest BCUT2D eigenvalue weighted by Crippen LogP contribution is 2.29. The number of likely N-dealkylation sites (tertiary alicyclic amines) is 1. The molecule has 0 aromatic heterocycles. The van der Waals surface area contributed by atoms with E-state index < -0.39 is 0 Å². The van der Waals surface area contributed by atoms with Crippen LogP contribution < -0.4 is 10.6 Å². The smallest absolute Gasteiger partial charge is 0.0712 e. The van der Waals surface area contributed by atoms with Crippen molar-refractivity contribution >= 4 is 0 Å². The van der Waals surface area contributed by atoms with Crippen LogP contribution in [-0.2, 0) is 4.74 Å². The molecule has 3 rings (SSSR count). The molecule has 3 aliphatic rings. The van der Waals surface area contributed by atoms with Gasteiger partial charge in [0.05, 0.1) is 12.7 Å². The van der Waals surface area contributed by atoms with Gasteiger partial charge in [-0.3, -0.25) is 4.90 Å². The van der Waals surface area contributed by atoms with E-state index in [1.165, 1.54) is 32.4 Å². The van der Waals surface area contributed by atoms with Crippen molar-refractivity contribution in [3.05, 3.63) is 0 Å². The highest BCUT2D eigenvalue weighted by atomic mass is 16.5. The van der Waals surface area contributed by atoms with E-state index in [1.54, 1.807) is 0 Å². The Balaban J connectivity index is 1.29. The monoisotopic (exact) mass is 239 g/mol. The Morgan fingerprint density at radius 1 is 1.29 bits per heavy atom. The Morgan fingerprint density at radius 2 is 2.24 bits per heavy atom. The highest BCUT2D eigenvalue weighted by molar-refractivity contribution is 4.91. The molecule has 1 aliphatic carbocycles. The van der Waals surface area contributed by atoms with Crippen molar-refractivity contribution in [2.24, 2.45) is 0 Å². The molecule has 2 aliphatic heterocycles. The summed E-state index contributed by atoms with van der Waals surface area (Å²) in [4.78, 5) is 2.66. The third-order valence-corrected chi connectivity index (χ3v) is 4.19. The molecule has 0 aromatic carbocycles. The summed E-state index contributed by atoms with van der Waals surface area (Å²) in [5, 5.41) is 7.07. The summed E-state index contributed by atoms with van der Waals surface area (Å²) in [6.45, 7) is 6.61. The van der Waals surface area contributed by atoms with Crippen LogP contribution in [-0.4, -0.2) is 62.4 Å². The minimum atomic E-state index is 0.428. The minimum absolute atomic E-state index is 0.428. The summed E-state index contributed by atoms with van der Waals surface area (Å²) in [5.41, 5.74) is 0. The van der Waals surface area contributed by atoms with Crippen molar-refractivity contribution in [1.82, 2.24) is 15.5 Å². The number of rotatable bonds is 5. The molecule has 4 heteroatoms. The van der Waals surface area contributed by atoms with Gasteiger partial charge in [0.2, 0.25) is 0 Å². The predicted molar refractivity (Wildman–Crippen MR) is 68.2 cm³/mol. The Labute approximate surface area is 104 Å². The lowest BCUT2D eigenvalue weighted by Crippen LogP contribution is -2.41. The van der Waals surface area contributed by atoms with Gasteiger partial charge in [0.25, 0.3) is 0 Å². The second kappa shape index (κ2) is 5.65. The van der Waals surface area contributed by atoms with Crippen LogP contribution in [0.4, 0.5) is 0 Å². The molecule has 4 nitrogen and oxygen atoms in total. The van der Waals surface area contributed by atoms with Crippen molar-refractivity contribution in [3.8, 4) is 0 Å². The van der Waals surface area contributed by atoms with E-state index >= 15 is 0 Å². The van der Waals surface area contributed by atoms with Gasteiger partial charge in [0.1, 0.15) is 0 Å². The summed E-state index contributed by atoms with van der Waals surface area (Å²) < 4.78 is 5.70. The summed E-state index contributed by atoms with van der Waals surface area (Å²) in [5.74, 6) is 0. The largest absolute Gasteiger partial charge is 0.376 e. The van der Waals surface area contributed by atoms with Gasteiger partial charge in [0, 0.05) is 38.3 Å². The molecule has 2 unspecified atom stereocenters. The first-order valence-electron chi connectivity index (χ1n) is 7.21. The van der Waals surface area contributed by atoms with Crippen LogP contribution in [0.3, 0.4) is 0 Å². The Hall–Kier alpha value is -0.160. The van der Waals surface area contributed by atoms with Crippen LogP contribution >= 0.6 is 0 Å². The first-order valence-corrected chi connectivity index (χ1v) is 7.21. The van der Waals surface area contributed by atoms with Crippen molar-refractivity contribution < 1.29 is 4.74 Å². The Kier molecular flexibility index (Phi) is 3.96. The van der Waals surface area contributed by atoms with E-state index in [0.717, 1.165) is 44.7 Å². The summed E-state index contributed by atoms with van der Waals surface area (Å²) in [6.07, 6.45) is 5.78. The lowest BCUT2D eigenvalue weighted by atomic mass is 10.2. The maximum atomic E-state index is 5.70. The number of nitrogens with one attached hydrogen (secondary N) is 2. The van der Waals surface area contributed by atoms with E-state index in [2.05, 4.69) is 15.5 Å². The van der Waals surface area contributed by atoms with Crippen LogP contribution in [0.1, 0.15) is 25.7 Å². The van der Waals surface area contributed by atoms with Gasteiger partial charge in [-0.25, -0.2) is 0 Å². The molecule has 2 saturated heterocycles. The summed E-state index contributed by atoms with van der Waals surface area (Å²) in [7, 11) is 0. The van der Waals surface area contributed by atoms with Crippen LogP contribution in [0, 0.1) is 0 Å². The number of morpholine rings is 1. The summed E-state index contributed by atoms with van der Waals surface area (Å²) in [6, 6.07) is 1.67. The Bertz CT molecular complexity index is 239. The van der Waals surface area contributed by atoms with Gasteiger partial charge >= 0.3 is 0 Å². The van der Waals surface area contributed by atoms with Gasteiger partial charge < -0.3 is 15.4 Å². The third-order valence-electron chi connectivity index (χ3n) is 4.19. The molecule has 2 atom stereocenters. The third kappa shape index (κ3) is 3.41. The fourth-order valence-electron chi connectivity index (χ4n) is 2.98. The molecule has 2 N–H and O–H groups in total. The van der Waals surface area contributed by atoms with Crippen LogP contribution in [0.2, 0.25) is 0 Å². The van der Waals surface area contributed by atoms with Gasteiger partial charge in [-0.2, -0.15) is 0 Å². The molecule has 17 heavy (non-hydrogen) atoms. The standard InChI is InChI=1S/C13H25N3O/c1-2-12(1)16-7-4-11(10-16)15-5-3-13-9-14-6-8-17-13/h11-15H,1-10H2. The number of nitrogens with zero attached hydrogens (tertiary/aromatic N) is 1. The first kappa shape index (κ1) is 11.9. The van der Waals surface area contributed by atoms with Gasteiger partial charge in [0.15, 0.2) is 0 Å². The van der Waals surface area contributed by atoms with Crippen molar-refractivity contribution in [2.75, 3.05) is 39.3 Å². The minimum Gasteiger partial charge on any atom is -0.376 e. The maximum Gasteiger partial charge on any atom is 0.0712 e. The van der Waals surface area contributed by atoms with Gasteiger partial charge in [-0.1, -0.05) is 0 Å². The second-order valence-corrected chi connectivity index (χ2v) is 5.65. The molecule has 0 spiro atoms. The normalized spacial score (nSPS) is 35.3. The van der Waals surface area contributed by atoms with E-state index in [1.807, 2.05) is 0 Å². The molecule has 1 saturated carbocycles. The molecule has 0 bridgehead atoms. The van der Waals surface area contributed by atoms with E-state index in [9.17, 15) is 0 Å². The SMILES string of the molecule is C1COC(CCNC2CCN(C3CC3)C2)CN1. The zero-order valence-electron chi connectivity index (χ0n) is 10.7. The molecule has 98 valence electrons. The molecule has 0 amide bonds.